The van der Waals surface area contributed by atoms with Gasteiger partial charge in [-0.1, -0.05) is 81.5 Å². The Morgan fingerprint density at radius 2 is 1.48 bits per heavy atom. The van der Waals surface area contributed by atoms with Gasteiger partial charge in [-0.05, 0) is 42.9 Å². The third-order valence-electron chi connectivity index (χ3n) is 4.85. The highest BCUT2D eigenvalue weighted by Gasteiger charge is 2.16. The van der Waals surface area contributed by atoms with Gasteiger partial charge in [0.15, 0.2) is 0 Å². The molecular formula is C22H32ClNO. The lowest BCUT2D eigenvalue weighted by Crippen LogP contribution is -2.31. The SMILES string of the molecule is CCCCCN(CCCCC)C[C@@H](O)c1ccc(Cl)c2ccccc12. The van der Waals surface area contributed by atoms with Crippen LogP contribution in [0.25, 0.3) is 10.8 Å². The van der Waals surface area contributed by atoms with E-state index in [-0.39, 0.29) is 0 Å². The van der Waals surface area contributed by atoms with Gasteiger partial charge in [-0.25, -0.2) is 0 Å². The normalized spacial score (nSPS) is 12.8. The second-order valence-corrected chi connectivity index (χ2v) is 7.32. The number of hydrogen-bond acceptors (Lipinski definition) is 2. The second-order valence-electron chi connectivity index (χ2n) is 6.91. The van der Waals surface area contributed by atoms with Crippen LogP contribution in [0.4, 0.5) is 0 Å². The zero-order valence-electron chi connectivity index (χ0n) is 15.7. The molecule has 2 aromatic carbocycles. The third-order valence-corrected chi connectivity index (χ3v) is 5.18. The first-order valence-corrected chi connectivity index (χ1v) is 10.1. The molecule has 2 aromatic rings. The molecule has 0 aromatic heterocycles. The van der Waals surface area contributed by atoms with E-state index in [9.17, 15) is 5.11 Å². The summed E-state index contributed by atoms with van der Waals surface area (Å²) in [5.41, 5.74) is 0.982. The number of halogens is 1. The smallest absolute Gasteiger partial charge is 0.0922 e. The molecule has 0 amide bonds. The Bertz CT molecular complexity index is 633. The van der Waals surface area contributed by atoms with Gasteiger partial charge in [0.2, 0.25) is 0 Å². The lowest BCUT2D eigenvalue weighted by Gasteiger charge is -2.26. The molecule has 0 aliphatic heterocycles. The first kappa shape index (κ1) is 20.2. The summed E-state index contributed by atoms with van der Waals surface area (Å²) in [6.45, 7) is 7.30. The lowest BCUT2D eigenvalue weighted by molar-refractivity contribution is 0.111. The second kappa shape index (κ2) is 10.8. The number of benzene rings is 2. The van der Waals surface area contributed by atoms with Crippen LogP contribution in [0.3, 0.4) is 0 Å². The zero-order chi connectivity index (χ0) is 18.1. The summed E-state index contributed by atoms with van der Waals surface area (Å²) in [5, 5.41) is 13.7. The van der Waals surface area contributed by atoms with E-state index in [2.05, 4.69) is 24.8 Å². The molecule has 1 N–H and O–H groups in total. The van der Waals surface area contributed by atoms with Gasteiger partial charge < -0.3 is 10.0 Å². The van der Waals surface area contributed by atoms with E-state index in [1.54, 1.807) is 0 Å². The van der Waals surface area contributed by atoms with E-state index in [1.165, 1.54) is 38.5 Å². The van der Waals surface area contributed by atoms with E-state index in [4.69, 9.17) is 11.6 Å². The summed E-state index contributed by atoms with van der Waals surface area (Å²) in [7, 11) is 0. The van der Waals surface area contributed by atoms with Crippen LogP contribution in [0.2, 0.25) is 5.02 Å². The first-order chi connectivity index (χ1) is 12.2. The van der Waals surface area contributed by atoms with Gasteiger partial charge in [-0.3, -0.25) is 0 Å². The van der Waals surface area contributed by atoms with Crippen molar-refractivity contribution >= 4 is 22.4 Å². The summed E-state index contributed by atoms with van der Waals surface area (Å²) >= 11 is 6.32. The highest BCUT2D eigenvalue weighted by Crippen LogP contribution is 2.30. The van der Waals surface area contributed by atoms with Gasteiger partial charge in [-0.15, -0.1) is 0 Å². The van der Waals surface area contributed by atoms with Crippen molar-refractivity contribution in [2.45, 2.75) is 58.5 Å². The number of rotatable bonds is 11. The summed E-state index contributed by atoms with van der Waals surface area (Å²) in [6, 6.07) is 12.0. The number of aliphatic hydroxyl groups is 1. The van der Waals surface area contributed by atoms with E-state index in [0.717, 1.165) is 34.4 Å². The van der Waals surface area contributed by atoms with Gasteiger partial charge in [-0.2, -0.15) is 0 Å². The number of hydrogen-bond donors (Lipinski definition) is 1. The molecule has 138 valence electrons. The molecule has 25 heavy (non-hydrogen) atoms. The molecule has 0 bridgehead atoms. The Morgan fingerprint density at radius 3 is 2.08 bits per heavy atom. The van der Waals surface area contributed by atoms with Crippen molar-refractivity contribution < 1.29 is 5.11 Å². The van der Waals surface area contributed by atoms with Crippen LogP contribution in [0.1, 0.15) is 64.0 Å². The summed E-state index contributed by atoms with van der Waals surface area (Å²) in [6.07, 6.45) is 6.90. The van der Waals surface area contributed by atoms with Crippen LogP contribution >= 0.6 is 11.6 Å². The maximum absolute atomic E-state index is 10.9. The molecule has 2 nitrogen and oxygen atoms in total. The van der Waals surface area contributed by atoms with Crippen molar-refractivity contribution in [3.63, 3.8) is 0 Å². The average molecular weight is 362 g/mol. The van der Waals surface area contributed by atoms with Crippen LogP contribution in [-0.2, 0) is 0 Å². The van der Waals surface area contributed by atoms with E-state index < -0.39 is 6.10 Å². The van der Waals surface area contributed by atoms with E-state index >= 15 is 0 Å². The van der Waals surface area contributed by atoms with Crippen LogP contribution < -0.4 is 0 Å². The van der Waals surface area contributed by atoms with Crippen LogP contribution in [0, 0.1) is 0 Å². The fourth-order valence-electron chi connectivity index (χ4n) is 3.38. The summed E-state index contributed by atoms with van der Waals surface area (Å²) in [4.78, 5) is 2.43. The monoisotopic (exact) mass is 361 g/mol. The van der Waals surface area contributed by atoms with Crippen LogP contribution in [-0.4, -0.2) is 29.6 Å². The van der Waals surface area contributed by atoms with Crippen LogP contribution in [0.5, 0.6) is 0 Å². The lowest BCUT2D eigenvalue weighted by atomic mass is 10.00. The van der Waals surface area contributed by atoms with Gasteiger partial charge in [0.1, 0.15) is 0 Å². The van der Waals surface area contributed by atoms with Gasteiger partial charge in [0.05, 0.1) is 6.10 Å². The molecule has 0 radical (unpaired) electrons. The number of nitrogens with zero attached hydrogens (tertiary/aromatic N) is 1. The van der Waals surface area contributed by atoms with Gasteiger partial charge >= 0.3 is 0 Å². The predicted molar refractivity (Wildman–Crippen MR) is 109 cm³/mol. The Kier molecular flexibility index (Phi) is 8.74. The molecule has 0 saturated heterocycles. The number of unbranched alkanes of at least 4 members (excludes halogenated alkanes) is 4. The maximum atomic E-state index is 10.9. The van der Waals surface area contributed by atoms with E-state index in [0.29, 0.717) is 6.54 Å². The number of fused-ring (bicyclic) bond motifs is 1. The minimum absolute atomic E-state index is 0.481. The molecule has 0 heterocycles. The topological polar surface area (TPSA) is 23.5 Å². The fraction of sp³-hybridized carbons (Fsp3) is 0.545. The van der Waals surface area contributed by atoms with E-state index in [1.807, 2.05) is 30.3 Å². The van der Waals surface area contributed by atoms with Crippen molar-refractivity contribution in [2.24, 2.45) is 0 Å². The summed E-state index contributed by atoms with van der Waals surface area (Å²) in [5.74, 6) is 0. The van der Waals surface area contributed by atoms with Crippen molar-refractivity contribution in [2.75, 3.05) is 19.6 Å². The molecular weight excluding hydrogens is 330 g/mol. The Labute approximate surface area is 157 Å². The minimum Gasteiger partial charge on any atom is -0.387 e. The molecule has 0 fully saturated rings. The standard InChI is InChI=1S/C22H32ClNO/c1-3-5-9-15-24(16-10-6-4-2)17-22(25)20-13-14-21(23)19-12-8-7-11-18(19)20/h7-8,11-14,22,25H,3-6,9-10,15-17H2,1-2H3/t22-/m1/s1. The molecule has 2 rings (SSSR count). The number of aliphatic hydroxyl groups excluding tert-OH is 1. The first-order valence-electron chi connectivity index (χ1n) is 9.75. The highest BCUT2D eigenvalue weighted by molar-refractivity contribution is 6.35. The average Bonchev–Trinajstić information content (AvgIpc) is 2.62. The quantitative estimate of drug-likeness (QED) is 0.481. The Hall–Kier alpha value is -1.09. The largest absolute Gasteiger partial charge is 0.387 e. The van der Waals surface area contributed by atoms with Crippen LogP contribution in [0.15, 0.2) is 36.4 Å². The van der Waals surface area contributed by atoms with Crippen molar-refractivity contribution in [3.05, 3.63) is 47.0 Å². The fourth-order valence-corrected chi connectivity index (χ4v) is 3.61. The highest BCUT2D eigenvalue weighted by atomic mass is 35.5. The Balaban J connectivity index is 2.11. The molecule has 0 aliphatic carbocycles. The van der Waals surface area contributed by atoms with Crippen molar-refractivity contribution in [1.82, 2.24) is 4.90 Å². The summed E-state index contributed by atoms with van der Waals surface area (Å²) < 4.78 is 0. The van der Waals surface area contributed by atoms with Gasteiger partial charge in [0, 0.05) is 17.0 Å². The molecule has 1 atom stereocenters. The van der Waals surface area contributed by atoms with Gasteiger partial charge in [0.25, 0.3) is 0 Å². The minimum atomic E-state index is -0.481. The third kappa shape index (κ3) is 5.99. The molecule has 0 spiro atoms. The molecule has 0 unspecified atom stereocenters. The molecule has 3 heteroatoms. The van der Waals surface area contributed by atoms with Crippen molar-refractivity contribution in [3.8, 4) is 0 Å². The molecule has 0 aliphatic rings. The molecule has 0 saturated carbocycles. The Morgan fingerprint density at radius 1 is 0.880 bits per heavy atom. The zero-order valence-corrected chi connectivity index (χ0v) is 16.4. The van der Waals surface area contributed by atoms with Crippen molar-refractivity contribution in [1.29, 1.82) is 0 Å². The maximum Gasteiger partial charge on any atom is 0.0922 e. The predicted octanol–water partition coefficient (Wildman–Crippen LogP) is 6.21.